The van der Waals surface area contributed by atoms with Crippen LogP contribution >= 0.6 is 0 Å². The highest BCUT2D eigenvalue weighted by Gasteiger charge is 2.45. The van der Waals surface area contributed by atoms with Crippen LogP contribution in [-0.2, 0) is 0 Å². The van der Waals surface area contributed by atoms with Crippen LogP contribution in [-0.4, -0.2) is 23.6 Å². The highest BCUT2D eigenvalue weighted by atomic mass is 15.1. The minimum absolute atomic E-state index is 0.491. The van der Waals surface area contributed by atoms with Gasteiger partial charge in [0.05, 0.1) is 0 Å². The smallest absolute Gasteiger partial charge is 0.134 e. The SMILES string of the molecule is CNc1nc(C)nc(NCC2(C(C)C)CC2)c1C. The first kappa shape index (κ1) is 13.1. The third kappa shape index (κ3) is 2.42. The van der Waals surface area contributed by atoms with E-state index in [4.69, 9.17) is 0 Å². The zero-order valence-electron chi connectivity index (χ0n) is 12.1. The van der Waals surface area contributed by atoms with Crippen LogP contribution in [0.1, 0.15) is 38.1 Å². The average molecular weight is 248 g/mol. The molecule has 1 aromatic heterocycles. The maximum absolute atomic E-state index is 4.51. The lowest BCUT2D eigenvalue weighted by atomic mass is 9.92. The Kier molecular flexibility index (Phi) is 3.46. The number of hydrogen-bond acceptors (Lipinski definition) is 4. The predicted molar refractivity (Wildman–Crippen MR) is 76.0 cm³/mol. The van der Waals surface area contributed by atoms with Crippen molar-refractivity contribution >= 4 is 11.6 Å². The number of hydrogen-bond donors (Lipinski definition) is 2. The first-order chi connectivity index (χ1) is 8.48. The second kappa shape index (κ2) is 4.75. The molecule has 4 nitrogen and oxygen atoms in total. The Morgan fingerprint density at radius 3 is 2.28 bits per heavy atom. The van der Waals surface area contributed by atoms with Crippen LogP contribution in [0.5, 0.6) is 0 Å². The van der Waals surface area contributed by atoms with E-state index < -0.39 is 0 Å². The third-order valence-electron chi connectivity index (χ3n) is 4.22. The summed E-state index contributed by atoms with van der Waals surface area (Å²) in [6.07, 6.45) is 2.67. The van der Waals surface area contributed by atoms with Gasteiger partial charge in [0.1, 0.15) is 17.5 Å². The van der Waals surface area contributed by atoms with E-state index in [0.717, 1.165) is 35.5 Å². The van der Waals surface area contributed by atoms with Crippen molar-refractivity contribution < 1.29 is 0 Å². The number of anilines is 2. The topological polar surface area (TPSA) is 49.8 Å². The Morgan fingerprint density at radius 1 is 1.17 bits per heavy atom. The molecular formula is C14H24N4. The maximum Gasteiger partial charge on any atom is 0.134 e. The van der Waals surface area contributed by atoms with Crippen LogP contribution < -0.4 is 10.6 Å². The lowest BCUT2D eigenvalue weighted by Crippen LogP contribution is -2.22. The Balaban J connectivity index is 2.12. The van der Waals surface area contributed by atoms with Crippen LogP contribution in [0.2, 0.25) is 0 Å². The molecule has 1 aromatic rings. The summed E-state index contributed by atoms with van der Waals surface area (Å²) in [6, 6.07) is 0. The molecule has 1 aliphatic rings. The normalized spacial score (nSPS) is 16.8. The van der Waals surface area contributed by atoms with Crippen molar-refractivity contribution in [2.75, 3.05) is 24.2 Å². The molecular weight excluding hydrogens is 224 g/mol. The van der Waals surface area contributed by atoms with Crippen molar-refractivity contribution in [2.24, 2.45) is 11.3 Å². The molecule has 0 spiro atoms. The second-order valence-electron chi connectivity index (χ2n) is 5.71. The van der Waals surface area contributed by atoms with Crippen molar-refractivity contribution in [1.82, 2.24) is 9.97 Å². The molecule has 4 heteroatoms. The third-order valence-corrected chi connectivity index (χ3v) is 4.22. The molecule has 0 bridgehead atoms. The van der Waals surface area contributed by atoms with Gasteiger partial charge in [-0.25, -0.2) is 9.97 Å². The van der Waals surface area contributed by atoms with Crippen LogP contribution in [0.15, 0.2) is 0 Å². The van der Waals surface area contributed by atoms with Gasteiger partial charge in [-0.05, 0) is 38.0 Å². The van der Waals surface area contributed by atoms with Crippen molar-refractivity contribution in [3.63, 3.8) is 0 Å². The van der Waals surface area contributed by atoms with Crippen molar-refractivity contribution in [3.05, 3.63) is 11.4 Å². The van der Waals surface area contributed by atoms with Gasteiger partial charge in [-0.1, -0.05) is 13.8 Å². The summed E-state index contributed by atoms with van der Waals surface area (Å²) in [7, 11) is 1.90. The quantitative estimate of drug-likeness (QED) is 0.841. The van der Waals surface area contributed by atoms with Crippen LogP contribution in [0.3, 0.4) is 0 Å². The van der Waals surface area contributed by atoms with Crippen LogP contribution in [0.25, 0.3) is 0 Å². The number of aromatic nitrogens is 2. The molecule has 100 valence electrons. The van der Waals surface area contributed by atoms with Gasteiger partial charge in [0, 0.05) is 19.2 Å². The van der Waals surface area contributed by atoms with Crippen LogP contribution in [0, 0.1) is 25.2 Å². The first-order valence-electron chi connectivity index (χ1n) is 6.75. The van der Waals surface area contributed by atoms with Gasteiger partial charge in [-0.15, -0.1) is 0 Å². The number of rotatable bonds is 5. The van der Waals surface area contributed by atoms with E-state index in [1.54, 1.807) is 0 Å². The highest BCUT2D eigenvalue weighted by molar-refractivity contribution is 5.57. The molecule has 1 saturated carbocycles. The zero-order chi connectivity index (χ0) is 13.3. The van der Waals surface area contributed by atoms with Gasteiger partial charge in [0.25, 0.3) is 0 Å². The van der Waals surface area contributed by atoms with Gasteiger partial charge < -0.3 is 10.6 Å². The summed E-state index contributed by atoms with van der Waals surface area (Å²) in [5.74, 6) is 3.43. The lowest BCUT2D eigenvalue weighted by Gasteiger charge is -2.21. The largest absolute Gasteiger partial charge is 0.373 e. The van der Waals surface area contributed by atoms with E-state index in [9.17, 15) is 0 Å². The predicted octanol–water partition coefficient (Wildman–Crippen LogP) is 2.98. The van der Waals surface area contributed by atoms with Crippen molar-refractivity contribution in [1.29, 1.82) is 0 Å². The van der Waals surface area contributed by atoms with Gasteiger partial charge >= 0.3 is 0 Å². The van der Waals surface area contributed by atoms with Crippen molar-refractivity contribution in [3.8, 4) is 0 Å². The highest BCUT2D eigenvalue weighted by Crippen LogP contribution is 2.51. The van der Waals surface area contributed by atoms with Gasteiger partial charge in [-0.2, -0.15) is 0 Å². The van der Waals surface area contributed by atoms with Gasteiger partial charge in [0.2, 0.25) is 0 Å². The Bertz CT molecular complexity index is 436. The summed E-state index contributed by atoms with van der Waals surface area (Å²) in [6.45, 7) is 9.63. The second-order valence-corrected chi connectivity index (χ2v) is 5.71. The van der Waals surface area contributed by atoms with E-state index >= 15 is 0 Å². The molecule has 2 rings (SSSR count). The van der Waals surface area contributed by atoms with Gasteiger partial charge in [-0.3, -0.25) is 0 Å². The lowest BCUT2D eigenvalue weighted by molar-refractivity contribution is 0.379. The fourth-order valence-electron chi connectivity index (χ4n) is 2.42. The van der Waals surface area contributed by atoms with Crippen LogP contribution in [0.4, 0.5) is 11.6 Å². The molecule has 0 aromatic carbocycles. The molecule has 0 unspecified atom stereocenters. The average Bonchev–Trinajstić information content (AvgIpc) is 3.11. The molecule has 0 saturated heterocycles. The molecule has 18 heavy (non-hydrogen) atoms. The molecule has 1 aliphatic carbocycles. The van der Waals surface area contributed by atoms with E-state index in [1.165, 1.54) is 12.8 Å². The molecule has 0 radical (unpaired) electrons. The molecule has 0 amide bonds. The minimum atomic E-state index is 0.491. The summed E-state index contributed by atoms with van der Waals surface area (Å²) in [4.78, 5) is 8.89. The summed E-state index contributed by atoms with van der Waals surface area (Å²) in [5, 5.41) is 6.64. The van der Waals surface area contributed by atoms with Crippen molar-refractivity contribution in [2.45, 2.75) is 40.5 Å². The molecule has 0 atom stereocenters. The fraction of sp³-hybridized carbons (Fsp3) is 0.714. The van der Waals surface area contributed by atoms with E-state index in [2.05, 4.69) is 41.4 Å². The molecule has 1 heterocycles. The molecule has 1 fully saturated rings. The zero-order valence-corrected chi connectivity index (χ0v) is 12.1. The number of aryl methyl sites for hydroxylation is 1. The monoisotopic (exact) mass is 248 g/mol. The number of nitrogens with one attached hydrogen (secondary N) is 2. The summed E-state index contributed by atoms with van der Waals surface area (Å²) >= 11 is 0. The standard InChI is InChI=1S/C14H24N4/c1-9(2)14(6-7-14)8-16-13-10(3)12(15-5)17-11(4)18-13/h9H,6-8H2,1-5H3,(H2,15,16,17,18). The maximum atomic E-state index is 4.51. The first-order valence-corrected chi connectivity index (χ1v) is 6.75. The minimum Gasteiger partial charge on any atom is -0.373 e. The fourth-order valence-corrected chi connectivity index (χ4v) is 2.42. The Hall–Kier alpha value is -1.32. The van der Waals surface area contributed by atoms with E-state index in [1.807, 2.05) is 14.0 Å². The van der Waals surface area contributed by atoms with Gasteiger partial charge in [0.15, 0.2) is 0 Å². The molecule has 2 N–H and O–H groups in total. The summed E-state index contributed by atoms with van der Waals surface area (Å²) in [5.41, 5.74) is 1.59. The van der Waals surface area contributed by atoms with E-state index in [0.29, 0.717) is 5.41 Å². The molecule has 0 aliphatic heterocycles. The Morgan fingerprint density at radius 2 is 1.78 bits per heavy atom. The summed E-state index contributed by atoms with van der Waals surface area (Å²) < 4.78 is 0. The Labute approximate surface area is 110 Å². The number of nitrogens with zero attached hydrogens (tertiary/aromatic N) is 2. The van der Waals surface area contributed by atoms with E-state index in [-0.39, 0.29) is 0 Å².